The zero-order chi connectivity index (χ0) is 22.1. The van der Waals surface area contributed by atoms with E-state index in [9.17, 15) is 9.59 Å². The van der Waals surface area contributed by atoms with Crippen LogP contribution in [0.5, 0.6) is 0 Å². The highest BCUT2D eigenvalue weighted by molar-refractivity contribution is 5.76. The summed E-state index contributed by atoms with van der Waals surface area (Å²) < 4.78 is 12.2. The van der Waals surface area contributed by atoms with Crippen LogP contribution in [0.15, 0.2) is 30.3 Å². The molecule has 9 nitrogen and oxygen atoms in total. The molecule has 0 spiro atoms. The average Bonchev–Trinajstić information content (AvgIpc) is 3.16. The van der Waals surface area contributed by atoms with Gasteiger partial charge < -0.3 is 20.1 Å². The van der Waals surface area contributed by atoms with Gasteiger partial charge >= 0.3 is 12.2 Å². The lowest BCUT2D eigenvalue weighted by molar-refractivity contribution is 0.0250. The van der Waals surface area contributed by atoms with Gasteiger partial charge in [-0.1, -0.05) is 30.3 Å². The monoisotopic (exact) mass is 415 g/mol. The number of rotatable bonds is 5. The molecule has 1 aromatic heterocycles. The molecule has 1 aromatic carbocycles. The van der Waals surface area contributed by atoms with Gasteiger partial charge in [-0.2, -0.15) is 4.68 Å². The van der Waals surface area contributed by atoms with E-state index in [0.29, 0.717) is 17.8 Å². The van der Waals surface area contributed by atoms with Crippen LogP contribution in [0.25, 0.3) is 0 Å². The fraction of sp³-hybridized carbons (Fsp3) is 0.476. The molecule has 9 heteroatoms. The van der Waals surface area contributed by atoms with Gasteiger partial charge in [0.2, 0.25) is 0 Å². The average molecular weight is 415 g/mol. The summed E-state index contributed by atoms with van der Waals surface area (Å²) >= 11 is 0. The summed E-state index contributed by atoms with van der Waals surface area (Å²) in [6.07, 6.45) is -1.54. The van der Waals surface area contributed by atoms with E-state index in [1.807, 2.05) is 63.2 Å². The predicted octanol–water partition coefficient (Wildman–Crippen LogP) is 2.96. The van der Waals surface area contributed by atoms with Crippen molar-refractivity contribution in [2.75, 3.05) is 33.0 Å². The number of anilines is 1. The van der Waals surface area contributed by atoms with Crippen molar-refractivity contribution < 1.29 is 19.1 Å². The minimum absolute atomic E-state index is 0.203. The van der Waals surface area contributed by atoms with Gasteiger partial charge in [-0.05, 0) is 40.4 Å². The smallest absolute Gasteiger partial charge is 0.435 e. The van der Waals surface area contributed by atoms with Crippen LogP contribution in [0.2, 0.25) is 0 Å². The zero-order valence-electron chi connectivity index (χ0n) is 18.1. The van der Waals surface area contributed by atoms with Crippen LogP contribution in [0, 0.1) is 0 Å². The number of likely N-dealkylation sites (N-methyl/N-ethyl adjacent to an activating group) is 1. The first-order valence-corrected chi connectivity index (χ1v) is 9.89. The zero-order valence-corrected chi connectivity index (χ0v) is 18.1. The highest BCUT2D eigenvalue weighted by atomic mass is 16.6. The second-order valence-corrected chi connectivity index (χ2v) is 8.01. The number of ether oxygens (including phenoxy) is 2. The van der Waals surface area contributed by atoms with Crippen molar-refractivity contribution in [1.29, 1.82) is 0 Å². The molecule has 2 heterocycles. The van der Waals surface area contributed by atoms with Gasteiger partial charge in [-0.3, -0.25) is 4.90 Å². The van der Waals surface area contributed by atoms with Gasteiger partial charge in [-0.25, -0.2) is 9.59 Å². The first kappa shape index (κ1) is 21.6. The Morgan fingerprint density at radius 2 is 1.90 bits per heavy atom. The summed E-state index contributed by atoms with van der Waals surface area (Å²) in [7, 11) is 3.85. The number of nitrogens with two attached hydrogens (primary N) is 1. The third-order valence-electron chi connectivity index (χ3n) is 5.19. The van der Waals surface area contributed by atoms with E-state index < -0.39 is 23.8 Å². The lowest BCUT2D eigenvalue weighted by Gasteiger charge is -2.33. The van der Waals surface area contributed by atoms with Crippen molar-refractivity contribution in [2.24, 2.45) is 0 Å². The minimum atomic E-state index is -0.858. The van der Waals surface area contributed by atoms with Gasteiger partial charge in [0.15, 0.2) is 5.82 Å². The molecule has 0 bridgehead atoms. The van der Waals surface area contributed by atoms with Crippen molar-refractivity contribution in [3.8, 4) is 0 Å². The van der Waals surface area contributed by atoms with Crippen molar-refractivity contribution in [3.05, 3.63) is 47.2 Å². The Morgan fingerprint density at radius 1 is 1.23 bits per heavy atom. The summed E-state index contributed by atoms with van der Waals surface area (Å²) in [6, 6.07) is 9.61. The van der Waals surface area contributed by atoms with E-state index in [0.717, 1.165) is 10.2 Å². The Hall–Kier alpha value is -3.07. The summed E-state index contributed by atoms with van der Waals surface area (Å²) in [5.74, 6) is 0.203. The fourth-order valence-corrected chi connectivity index (χ4v) is 3.74. The number of fused-ring (bicyclic) bond motifs is 1. The number of nitrogen functional groups attached to an aromatic ring is 1. The third kappa shape index (κ3) is 3.97. The molecule has 2 N–H and O–H groups in total. The summed E-state index contributed by atoms with van der Waals surface area (Å²) in [4.78, 5) is 29.1. The van der Waals surface area contributed by atoms with Crippen molar-refractivity contribution >= 4 is 18.0 Å². The molecule has 1 atom stereocenters. The van der Waals surface area contributed by atoms with Crippen molar-refractivity contribution in [3.63, 3.8) is 0 Å². The molecule has 0 saturated carbocycles. The number of benzene rings is 1. The van der Waals surface area contributed by atoms with Crippen LogP contribution in [0.3, 0.4) is 0 Å². The Bertz CT molecular complexity index is 923. The van der Waals surface area contributed by atoms with Gasteiger partial charge in [0, 0.05) is 12.1 Å². The maximum absolute atomic E-state index is 13.2. The van der Waals surface area contributed by atoms with Gasteiger partial charge in [0.05, 0.1) is 24.4 Å². The molecule has 1 amide bonds. The predicted molar refractivity (Wildman–Crippen MR) is 112 cm³/mol. The molecule has 30 heavy (non-hydrogen) atoms. The maximum Gasteiger partial charge on any atom is 0.435 e. The SMILES string of the molecule is CCOC(=O)n1nc(N)c2c1C(C)(C)N(C(=O)O[C@H](CN(C)C)c1ccccc1)C2. The van der Waals surface area contributed by atoms with Crippen LogP contribution in [0.1, 0.15) is 43.7 Å². The molecule has 1 aliphatic rings. The molecule has 0 unspecified atom stereocenters. The fourth-order valence-electron chi connectivity index (χ4n) is 3.74. The van der Waals surface area contributed by atoms with Gasteiger partial charge in [0.25, 0.3) is 0 Å². The number of hydrogen-bond donors (Lipinski definition) is 1. The molecule has 0 saturated heterocycles. The van der Waals surface area contributed by atoms with Crippen LogP contribution in [-0.2, 0) is 21.6 Å². The van der Waals surface area contributed by atoms with Gasteiger partial charge in [-0.15, -0.1) is 5.10 Å². The summed E-state index contributed by atoms with van der Waals surface area (Å²) in [6.45, 7) is 6.34. The normalized spacial score (nSPS) is 15.7. The van der Waals surface area contributed by atoms with Gasteiger partial charge in [0.1, 0.15) is 6.10 Å². The topological polar surface area (TPSA) is 103 Å². The Morgan fingerprint density at radius 3 is 2.50 bits per heavy atom. The van der Waals surface area contributed by atoms with Crippen molar-refractivity contribution in [1.82, 2.24) is 19.6 Å². The molecule has 3 rings (SSSR count). The Kier molecular flexibility index (Phi) is 6.02. The van der Waals surface area contributed by atoms with E-state index in [2.05, 4.69) is 5.10 Å². The second-order valence-electron chi connectivity index (χ2n) is 8.01. The van der Waals surface area contributed by atoms with E-state index in [4.69, 9.17) is 15.2 Å². The largest absolute Gasteiger partial charge is 0.448 e. The maximum atomic E-state index is 13.2. The van der Waals surface area contributed by atoms with E-state index >= 15 is 0 Å². The van der Waals surface area contributed by atoms with Crippen LogP contribution < -0.4 is 5.73 Å². The van der Waals surface area contributed by atoms with Crippen molar-refractivity contribution in [2.45, 2.75) is 39.0 Å². The first-order valence-electron chi connectivity index (χ1n) is 9.89. The number of nitrogens with zero attached hydrogens (tertiary/aromatic N) is 4. The van der Waals surface area contributed by atoms with Crippen LogP contribution >= 0.6 is 0 Å². The molecule has 0 radical (unpaired) electrons. The molecule has 2 aromatic rings. The van der Waals surface area contributed by atoms with Crippen LogP contribution in [-0.4, -0.2) is 59.0 Å². The number of aromatic nitrogens is 2. The molecule has 0 fully saturated rings. The lowest BCUT2D eigenvalue weighted by atomic mass is 10.0. The van der Waals surface area contributed by atoms with E-state index in [1.54, 1.807) is 11.8 Å². The molecule has 0 aliphatic carbocycles. The molecule has 1 aliphatic heterocycles. The lowest BCUT2D eigenvalue weighted by Crippen LogP contribution is -2.43. The molecular weight excluding hydrogens is 386 g/mol. The second kappa shape index (κ2) is 8.35. The highest BCUT2D eigenvalue weighted by Crippen LogP contribution is 2.42. The number of hydrogen-bond acceptors (Lipinski definition) is 7. The number of carbonyl (C=O) groups excluding carboxylic acids is 2. The quantitative estimate of drug-likeness (QED) is 0.801. The number of amides is 1. The van der Waals surface area contributed by atoms with E-state index in [1.165, 1.54) is 0 Å². The summed E-state index contributed by atoms with van der Waals surface area (Å²) in [5.41, 5.74) is 7.27. The highest BCUT2D eigenvalue weighted by Gasteiger charge is 2.47. The molecule has 162 valence electrons. The first-order chi connectivity index (χ1) is 14.2. The standard InChI is InChI=1S/C21H29N5O4/c1-6-29-20(28)26-17-15(18(22)23-26)12-25(21(17,2)3)19(27)30-16(13-24(4)5)14-10-8-7-9-11-14/h7-11,16H,6,12-13H2,1-5H3,(H2,22,23)/t16-/m1/s1. The molecular formula is C21H29N5O4. The third-order valence-corrected chi connectivity index (χ3v) is 5.19. The number of carbonyl (C=O) groups is 2. The van der Waals surface area contributed by atoms with E-state index in [-0.39, 0.29) is 19.0 Å². The van der Waals surface area contributed by atoms with Crippen LogP contribution in [0.4, 0.5) is 15.4 Å². The Balaban J connectivity index is 1.87. The summed E-state index contributed by atoms with van der Waals surface area (Å²) in [5, 5.41) is 4.12. The minimum Gasteiger partial charge on any atom is -0.448 e. The Labute approximate surface area is 176 Å².